The average Bonchev–Trinajstić information content (AvgIpc) is 3.11. The fourth-order valence-corrected chi connectivity index (χ4v) is 4.23. The van der Waals surface area contributed by atoms with Crippen LogP contribution < -0.4 is 0 Å². The normalized spacial score (nSPS) is 16.6. The zero-order valence-electron chi connectivity index (χ0n) is 11.6. The van der Waals surface area contributed by atoms with E-state index in [0.717, 1.165) is 23.3 Å². The molecule has 0 aliphatic heterocycles. The van der Waals surface area contributed by atoms with Gasteiger partial charge < -0.3 is 5.11 Å². The summed E-state index contributed by atoms with van der Waals surface area (Å²) >= 11 is 0. The molecule has 0 aromatic heterocycles. The van der Waals surface area contributed by atoms with Crippen LogP contribution in [0.4, 0.5) is 0 Å². The summed E-state index contributed by atoms with van der Waals surface area (Å²) in [4.78, 5) is 12.0. The summed E-state index contributed by atoms with van der Waals surface area (Å²) in [5, 5.41) is 9.20. The molecule has 1 aromatic rings. The van der Waals surface area contributed by atoms with Crippen molar-refractivity contribution in [2.75, 3.05) is 5.75 Å². The number of carboxylic acids is 1. The zero-order chi connectivity index (χ0) is 14.2. The van der Waals surface area contributed by atoms with Crippen LogP contribution in [0.3, 0.4) is 0 Å². The molecule has 1 fully saturated rings. The molecule has 0 spiro atoms. The summed E-state index contributed by atoms with van der Waals surface area (Å²) in [5.41, 5.74) is 1.95. The predicted molar refractivity (Wildman–Crippen MR) is 76.2 cm³/mol. The van der Waals surface area contributed by atoms with Gasteiger partial charge in [0.25, 0.3) is 0 Å². The Morgan fingerprint density at radius 3 is 2.53 bits per heavy atom. The molecule has 1 saturated carbocycles. The van der Waals surface area contributed by atoms with Gasteiger partial charge in [-0.15, -0.1) is 0 Å². The Morgan fingerprint density at radius 1 is 1.42 bits per heavy atom. The Morgan fingerprint density at radius 2 is 2.05 bits per heavy atom. The van der Waals surface area contributed by atoms with E-state index < -0.39 is 16.8 Å². The van der Waals surface area contributed by atoms with Crippen molar-refractivity contribution in [2.24, 2.45) is 5.92 Å². The van der Waals surface area contributed by atoms with Crippen LogP contribution in [-0.4, -0.2) is 21.0 Å². The monoisotopic (exact) mass is 280 g/mol. The molecule has 4 heteroatoms. The maximum Gasteiger partial charge on any atom is 0.335 e. The second-order valence-corrected chi connectivity index (χ2v) is 7.00. The first kappa shape index (κ1) is 14.3. The van der Waals surface area contributed by atoms with E-state index in [1.54, 1.807) is 13.0 Å². The van der Waals surface area contributed by atoms with Crippen LogP contribution in [0.5, 0.6) is 0 Å². The lowest BCUT2D eigenvalue weighted by Crippen LogP contribution is -2.11. The fraction of sp³-hybridized carbons (Fsp3) is 0.533. The van der Waals surface area contributed by atoms with Crippen LogP contribution in [0.1, 0.15) is 54.1 Å². The number of rotatable bonds is 5. The second kappa shape index (κ2) is 5.45. The molecule has 0 saturated heterocycles. The van der Waals surface area contributed by atoms with E-state index in [1.807, 2.05) is 19.9 Å². The molecule has 104 valence electrons. The molecule has 19 heavy (non-hydrogen) atoms. The Hall–Kier alpha value is -1.16. The van der Waals surface area contributed by atoms with Gasteiger partial charge in [0.05, 0.1) is 16.4 Å². The first-order valence-corrected chi connectivity index (χ1v) is 7.98. The highest BCUT2D eigenvalue weighted by Crippen LogP contribution is 2.34. The van der Waals surface area contributed by atoms with Crippen molar-refractivity contribution in [3.8, 4) is 0 Å². The Balaban J connectivity index is 2.48. The first-order valence-electron chi connectivity index (χ1n) is 6.67. The molecule has 0 radical (unpaired) electrons. The van der Waals surface area contributed by atoms with Crippen molar-refractivity contribution < 1.29 is 14.1 Å². The topological polar surface area (TPSA) is 54.4 Å². The van der Waals surface area contributed by atoms with Crippen LogP contribution in [0.25, 0.3) is 0 Å². The summed E-state index contributed by atoms with van der Waals surface area (Å²) in [6.07, 6.45) is 2.31. The third-order valence-corrected chi connectivity index (χ3v) is 5.37. The van der Waals surface area contributed by atoms with Crippen molar-refractivity contribution in [1.82, 2.24) is 0 Å². The molecule has 1 aromatic carbocycles. The van der Waals surface area contributed by atoms with E-state index in [4.69, 9.17) is 0 Å². The Labute approximate surface area is 116 Å². The Kier molecular flexibility index (Phi) is 4.09. The standard InChI is InChI=1S/C15H20O3S/c1-9(2)12-6-7-13(15(16)17)10(3)14(12)19(18)8-11-4-5-11/h6-7,9,11H,4-5,8H2,1-3H3,(H,16,17)/t19-/m0/s1. The summed E-state index contributed by atoms with van der Waals surface area (Å²) in [6.45, 7) is 5.87. The van der Waals surface area contributed by atoms with Crippen LogP contribution in [0.2, 0.25) is 0 Å². The van der Waals surface area contributed by atoms with Crippen LogP contribution in [0, 0.1) is 12.8 Å². The van der Waals surface area contributed by atoms with Gasteiger partial charge in [-0.25, -0.2) is 4.79 Å². The van der Waals surface area contributed by atoms with Crippen molar-refractivity contribution in [3.05, 3.63) is 28.8 Å². The van der Waals surface area contributed by atoms with E-state index in [-0.39, 0.29) is 11.5 Å². The molecule has 1 atom stereocenters. The third-order valence-electron chi connectivity index (χ3n) is 3.60. The van der Waals surface area contributed by atoms with Crippen LogP contribution >= 0.6 is 0 Å². The molecule has 1 N–H and O–H groups in total. The van der Waals surface area contributed by atoms with Crippen LogP contribution in [-0.2, 0) is 10.8 Å². The maximum absolute atomic E-state index is 12.5. The minimum atomic E-state index is -1.08. The van der Waals surface area contributed by atoms with Gasteiger partial charge in [0.2, 0.25) is 0 Å². The van der Waals surface area contributed by atoms with Gasteiger partial charge in [-0.2, -0.15) is 0 Å². The molecule has 1 aliphatic carbocycles. The minimum Gasteiger partial charge on any atom is -0.478 e. The average molecular weight is 280 g/mol. The minimum absolute atomic E-state index is 0.250. The lowest BCUT2D eigenvalue weighted by Gasteiger charge is -2.16. The van der Waals surface area contributed by atoms with Gasteiger partial charge in [0, 0.05) is 10.6 Å². The summed E-state index contributed by atoms with van der Waals surface area (Å²) in [6, 6.07) is 3.45. The highest BCUT2D eigenvalue weighted by atomic mass is 32.2. The van der Waals surface area contributed by atoms with E-state index in [1.165, 1.54) is 0 Å². The molecule has 2 rings (SSSR count). The smallest absolute Gasteiger partial charge is 0.335 e. The maximum atomic E-state index is 12.5. The SMILES string of the molecule is Cc1c(C(=O)O)ccc(C(C)C)c1[S@@](=O)CC1CC1. The van der Waals surface area contributed by atoms with Crippen molar-refractivity contribution in [2.45, 2.75) is 44.4 Å². The number of benzene rings is 1. The summed E-state index contributed by atoms with van der Waals surface area (Å²) < 4.78 is 12.5. The van der Waals surface area contributed by atoms with Gasteiger partial charge in [-0.1, -0.05) is 19.9 Å². The van der Waals surface area contributed by atoms with Crippen molar-refractivity contribution in [1.29, 1.82) is 0 Å². The largest absolute Gasteiger partial charge is 0.478 e. The van der Waals surface area contributed by atoms with Gasteiger partial charge in [-0.3, -0.25) is 4.21 Å². The number of aromatic carboxylic acids is 1. The van der Waals surface area contributed by atoms with Crippen molar-refractivity contribution >= 4 is 16.8 Å². The molecule has 0 heterocycles. The lowest BCUT2D eigenvalue weighted by atomic mass is 9.98. The van der Waals surface area contributed by atoms with Gasteiger partial charge in [0.1, 0.15) is 0 Å². The quantitative estimate of drug-likeness (QED) is 0.900. The number of hydrogen-bond acceptors (Lipinski definition) is 2. The highest BCUT2D eigenvalue weighted by molar-refractivity contribution is 7.85. The number of carbonyl (C=O) groups is 1. The molecular weight excluding hydrogens is 260 g/mol. The van der Waals surface area contributed by atoms with E-state index in [9.17, 15) is 14.1 Å². The van der Waals surface area contributed by atoms with Gasteiger partial charge in [-0.05, 0) is 48.8 Å². The summed E-state index contributed by atoms with van der Waals surface area (Å²) in [5.74, 6) is 0.537. The lowest BCUT2D eigenvalue weighted by molar-refractivity contribution is 0.0695. The molecule has 1 aliphatic rings. The number of hydrogen-bond donors (Lipinski definition) is 1. The zero-order valence-corrected chi connectivity index (χ0v) is 12.4. The van der Waals surface area contributed by atoms with E-state index >= 15 is 0 Å². The number of carboxylic acid groups (broad SMARTS) is 1. The Bertz CT molecular complexity index is 530. The van der Waals surface area contributed by atoms with E-state index in [2.05, 4.69) is 0 Å². The molecular formula is C15H20O3S. The molecule has 0 unspecified atom stereocenters. The van der Waals surface area contributed by atoms with Gasteiger partial charge >= 0.3 is 5.97 Å². The highest BCUT2D eigenvalue weighted by Gasteiger charge is 2.27. The third kappa shape index (κ3) is 3.06. The van der Waals surface area contributed by atoms with Crippen LogP contribution in [0.15, 0.2) is 17.0 Å². The van der Waals surface area contributed by atoms with Gasteiger partial charge in [0.15, 0.2) is 0 Å². The predicted octanol–water partition coefficient (Wildman–Crippen LogP) is 3.33. The molecule has 0 amide bonds. The van der Waals surface area contributed by atoms with E-state index in [0.29, 0.717) is 17.2 Å². The second-order valence-electron chi connectivity index (χ2n) is 5.57. The molecule has 3 nitrogen and oxygen atoms in total. The van der Waals surface area contributed by atoms with Crippen molar-refractivity contribution in [3.63, 3.8) is 0 Å². The summed E-state index contributed by atoms with van der Waals surface area (Å²) in [7, 11) is -1.08. The fourth-order valence-electron chi connectivity index (χ4n) is 2.28. The molecule has 0 bridgehead atoms. The first-order chi connectivity index (χ1) is 8.91.